The number of aromatic nitrogens is 2. The van der Waals surface area contributed by atoms with Crippen molar-refractivity contribution in [2.75, 3.05) is 5.32 Å². The summed E-state index contributed by atoms with van der Waals surface area (Å²) in [6, 6.07) is 19.4. The van der Waals surface area contributed by atoms with Crippen LogP contribution in [0.5, 0.6) is 0 Å². The number of benzene rings is 2. The monoisotopic (exact) mass is 377 g/mol. The van der Waals surface area contributed by atoms with Crippen molar-refractivity contribution < 1.29 is 9.18 Å². The van der Waals surface area contributed by atoms with E-state index in [-0.39, 0.29) is 5.69 Å². The lowest BCUT2D eigenvalue weighted by Crippen LogP contribution is -2.17. The van der Waals surface area contributed by atoms with Crippen LogP contribution in [0.25, 0.3) is 16.3 Å². The van der Waals surface area contributed by atoms with Crippen molar-refractivity contribution in [1.29, 1.82) is 0 Å². The molecule has 1 amide bonds. The summed E-state index contributed by atoms with van der Waals surface area (Å²) in [6.45, 7) is 2.00. The maximum atomic E-state index is 13.9. The van der Waals surface area contributed by atoms with Gasteiger partial charge in [-0.15, -0.1) is 11.3 Å². The van der Waals surface area contributed by atoms with Crippen LogP contribution in [0, 0.1) is 12.7 Å². The molecule has 27 heavy (non-hydrogen) atoms. The summed E-state index contributed by atoms with van der Waals surface area (Å²) in [6.07, 6.45) is 0. The Balaban J connectivity index is 1.77. The first-order valence-corrected chi connectivity index (χ1v) is 9.26. The van der Waals surface area contributed by atoms with Crippen molar-refractivity contribution in [3.8, 4) is 16.3 Å². The zero-order valence-corrected chi connectivity index (χ0v) is 15.3. The molecule has 0 aliphatic rings. The van der Waals surface area contributed by atoms with Crippen molar-refractivity contribution in [3.63, 3.8) is 0 Å². The molecule has 1 N–H and O–H groups in total. The van der Waals surface area contributed by atoms with E-state index in [1.165, 1.54) is 12.1 Å². The zero-order chi connectivity index (χ0) is 18.8. The van der Waals surface area contributed by atoms with E-state index < -0.39 is 11.7 Å². The quantitative estimate of drug-likeness (QED) is 0.524. The fourth-order valence-electron chi connectivity index (χ4n) is 2.72. The molecule has 2 heterocycles. The number of para-hydroxylation sites is 1. The molecular weight excluding hydrogens is 361 g/mol. The average Bonchev–Trinajstić information content (AvgIpc) is 3.33. The van der Waals surface area contributed by atoms with E-state index in [0.717, 1.165) is 16.1 Å². The normalized spacial score (nSPS) is 10.7. The summed E-state index contributed by atoms with van der Waals surface area (Å²) in [4.78, 5) is 13.8. The van der Waals surface area contributed by atoms with Crippen molar-refractivity contribution in [2.45, 2.75) is 6.92 Å². The van der Waals surface area contributed by atoms with Crippen molar-refractivity contribution in [2.24, 2.45) is 0 Å². The molecule has 2 aromatic carbocycles. The van der Waals surface area contributed by atoms with Crippen LogP contribution in [0.1, 0.15) is 16.1 Å². The van der Waals surface area contributed by atoms with Crippen LogP contribution in [0.3, 0.4) is 0 Å². The molecule has 0 aliphatic heterocycles. The topological polar surface area (TPSA) is 46.9 Å². The molecule has 4 nitrogen and oxygen atoms in total. The fraction of sp³-hybridized carbons (Fsp3) is 0.0476. The van der Waals surface area contributed by atoms with Crippen LogP contribution in [0.4, 0.5) is 10.1 Å². The van der Waals surface area contributed by atoms with Gasteiger partial charge in [0.25, 0.3) is 5.91 Å². The number of rotatable bonds is 4. The molecule has 2 aromatic heterocycles. The first-order valence-electron chi connectivity index (χ1n) is 8.39. The molecule has 4 rings (SSSR count). The van der Waals surface area contributed by atoms with Gasteiger partial charge in [0.15, 0.2) is 0 Å². The highest BCUT2D eigenvalue weighted by molar-refractivity contribution is 7.13. The van der Waals surface area contributed by atoms with Crippen molar-refractivity contribution in [1.82, 2.24) is 9.78 Å². The number of thiophene rings is 1. The lowest BCUT2D eigenvalue weighted by molar-refractivity contribution is 0.101. The number of nitrogens with one attached hydrogen (secondary N) is 1. The largest absolute Gasteiger partial charge is 0.318 e. The molecule has 134 valence electrons. The molecule has 0 atom stereocenters. The second-order valence-electron chi connectivity index (χ2n) is 6.07. The second kappa shape index (κ2) is 7.17. The molecule has 0 fully saturated rings. The molecule has 0 aliphatic carbocycles. The van der Waals surface area contributed by atoms with Gasteiger partial charge in [0.05, 0.1) is 16.3 Å². The number of aryl methyl sites for hydroxylation is 1. The Kier molecular flexibility index (Phi) is 4.56. The maximum absolute atomic E-state index is 13.9. The van der Waals surface area contributed by atoms with Gasteiger partial charge >= 0.3 is 0 Å². The Labute approximate surface area is 159 Å². The van der Waals surface area contributed by atoms with Gasteiger partial charge in [-0.3, -0.25) is 4.79 Å². The molecule has 6 heteroatoms. The Hall–Kier alpha value is -3.25. The van der Waals surface area contributed by atoms with E-state index >= 15 is 0 Å². The first-order chi connectivity index (χ1) is 13.1. The van der Waals surface area contributed by atoms with Gasteiger partial charge in [0.2, 0.25) is 0 Å². The third kappa shape index (κ3) is 3.52. The number of hydrogen-bond donors (Lipinski definition) is 1. The molecular formula is C21H16FN3OS. The number of carbonyl (C=O) groups excluding carboxylic acids is 1. The Morgan fingerprint density at radius 1 is 1.07 bits per heavy atom. The fourth-order valence-corrected chi connectivity index (χ4v) is 3.40. The molecule has 0 bridgehead atoms. The maximum Gasteiger partial charge on any atom is 0.274 e. The Morgan fingerprint density at radius 3 is 2.56 bits per heavy atom. The van der Waals surface area contributed by atoms with Crippen LogP contribution in [-0.4, -0.2) is 15.7 Å². The molecule has 0 spiro atoms. The minimum absolute atomic E-state index is 0.136. The molecule has 0 saturated heterocycles. The number of halogens is 1. The van der Waals surface area contributed by atoms with Crippen LogP contribution >= 0.6 is 11.3 Å². The lowest BCUT2D eigenvalue weighted by Gasteiger charge is -2.09. The number of carbonyl (C=O) groups is 1. The van der Waals surface area contributed by atoms with Crippen molar-refractivity contribution >= 4 is 22.9 Å². The first kappa shape index (κ1) is 17.2. The van der Waals surface area contributed by atoms with E-state index in [4.69, 9.17) is 0 Å². The van der Waals surface area contributed by atoms with Crippen LogP contribution in [0.15, 0.2) is 72.1 Å². The molecule has 4 aromatic rings. The molecule has 0 unspecified atom stereocenters. The second-order valence-corrected chi connectivity index (χ2v) is 7.02. The van der Waals surface area contributed by atoms with Gasteiger partial charge in [0.1, 0.15) is 17.2 Å². The summed E-state index contributed by atoms with van der Waals surface area (Å²) in [7, 11) is 0. The minimum atomic E-state index is -0.481. The summed E-state index contributed by atoms with van der Waals surface area (Å²) in [5, 5.41) is 9.20. The van der Waals surface area contributed by atoms with Crippen LogP contribution < -0.4 is 5.32 Å². The number of anilines is 1. The van der Waals surface area contributed by atoms with E-state index in [9.17, 15) is 9.18 Å². The number of nitrogens with zero attached hydrogens (tertiary/aromatic N) is 2. The summed E-state index contributed by atoms with van der Waals surface area (Å²) < 4.78 is 15.5. The number of hydrogen-bond acceptors (Lipinski definition) is 3. The van der Waals surface area contributed by atoms with Crippen LogP contribution in [-0.2, 0) is 0 Å². The van der Waals surface area contributed by atoms with E-state index in [1.807, 2.05) is 48.7 Å². The summed E-state index contributed by atoms with van der Waals surface area (Å²) in [5.41, 5.74) is 3.05. The average molecular weight is 377 g/mol. The smallest absolute Gasteiger partial charge is 0.274 e. The van der Waals surface area contributed by atoms with E-state index in [2.05, 4.69) is 10.4 Å². The highest BCUT2D eigenvalue weighted by Crippen LogP contribution is 2.26. The van der Waals surface area contributed by atoms with Gasteiger partial charge in [-0.1, -0.05) is 35.9 Å². The molecule has 0 radical (unpaired) electrons. The van der Waals surface area contributed by atoms with Gasteiger partial charge in [-0.05, 0) is 48.7 Å². The third-order valence-corrected chi connectivity index (χ3v) is 5.01. The van der Waals surface area contributed by atoms with Crippen molar-refractivity contribution in [3.05, 3.63) is 89.2 Å². The van der Waals surface area contributed by atoms with Gasteiger partial charge in [-0.25, -0.2) is 9.07 Å². The minimum Gasteiger partial charge on any atom is -0.318 e. The van der Waals surface area contributed by atoms with Gasteiger partial charge < -0.3 is 5.32 Å². The lowest BCUT2D eigenvalue weighted by atomic mass is 10.2. The third-order valence-electron chi connectivity index (χ3n) is 4.12. The predicted molar refractivity (Wildman–Crippen MR) is 106 cm³/mol. The standard InChI is InChI=1S/C21H16FN3OS/c1-14-8-10-15(11-9-14)25-19(13-18(24-25)20-7-4-12-27-20)21(26)23-17-6-3-2-5-16(17)22/h2-13H,1H3,(H,23,26). The summed E-state index contributed by atoms with van der Waals surface area (Å²) in [5.74, 6) is -0.901. The van der Waals surface area contributed by atoms with Gasteiger partial charge in [0, 0.05) is 0 Å². The highest BCUT2D eigenvalue weighted by atomic mass is 32.1. The Bertz CT molecular complexity index is 1090. The van der Waals surface area contributed by atoms with E-state index in [1.54, 1.807) is 34.2 Å². The number of amides is 1. The zero-order valence-electron chi connectivity index (χ0n) is 14.5. The highest BCUT2D eigenvalue weighted by Gasteiger charge is 2.19. The van der Waals surface area contributed by atoms with E-state index in [0.29, 0.717) is 11.4 Å². The predicted octanol–water partition coefficient (Wildman–Crippen LogP) is 5.30. The molecule has 0 saturated carbocycles. The SMILES string of the molecule is Cc1ccc(-n2nc(-c3cccs3)cc2C(=O)Nc2ccccc2F)cc1. The van der Waals surface area contributed by atoms with Gasteiger partial charge in [-0.2, -0.15) is 5.10 Å². The Morgan fingerprint density at radius 2 is 1.85 bits per heavy atom. The summed E-state index contributed by atoms with van der Waals surface area (Å²) >= 11 is 1.55. The van der Waals surface area contributed by atoms with Crippen LogP contribution in [0.2, 0.25) is 0 Å².